The van der Waals surface area contributed by atoms with Crippen molar-refractivity contribution in [2.45, 2.75) is 33.1 Å². The van der Waals surface area contributed by atoms with Crippen LogP contribution in [0.1, 0.15) is 39.0 Å². The van der Waals surface area contributed by atoms with Gasteiger partial charge in [-0.3, -0.25) is 0 Å². The van der Waals surface area contributed by atoms with E-state index in [2.05, 4.69) is 25.8 Å². The molecular weight excluding hydrogens is 238 g/mol. The van der Waals surface area contributed by atoms with Crippen molar-refractivity contribution in [1.29, 1.82) is 0 Å². The van der Waals surface area contributed by atoms with Crippen molar-refractivity contribution in [3.63, 3.8) is 0 Å². The maximum Gasteiger partial charge on any atom is 0.331 e. The van der Waals surface area contributed by atoms with Crippen LogP contribution < -0.4 is 0 Å². The lowest BCUT2D eigenvalue weighted by Gasteiger charge is -2.18. The highest BCUT2D eigenvalue weighted by Gasteiger charge is 2.21. The predicted octanol–water partition coefficient (Wildman–Crippen LogP) is 3.95. The molecule has 2 rings (SSSR count). The van der Waals surface area contributed by atoms with E-state index in [4.69, 9.17) is 5.11 Å². The van der Waals surface area contributed by atoms with Crippen molar-refractivity contribution in [2.24, 2.45) is 0 Å². The summed E-state index contributed by atoms with van der Waals surface area (Å²) in [4.78, 5) is 14.5. The summed E-state index contributed by atoms with van der Waals surface area (Å²) in [6.45, 7) is 7.97. The number of carboxylic acid groups (broad SMARTS) is 1. The largest absolute Gasteiger partial charge is 0.478 e. The second kappa shape index (κ2) is 4.57. The van der Waals surface area contributed by atoms with Gasteiger partial charge in [0.15, 0.2) is 0 Å². The minimum absolute atomic E-state index is 0.0658. The van der Waals surface area contributed by atoms with Crippen LogP contribution in [0.25, 0.3) is 17.0 Å². The van der Waals surface area contributed by atoms with Gasteiger partial charge in [0.25, 0.3) is 0 Å². The zero-order chi connectivity index (χ0) is 14.2. The summed E-state index contributed by atoms with van der Waals surface area (Å²) in [5.74, 6) is -0.884. The molecule has 0 saturated heterocycles. The van der Waals surface area contributed by atoms with Gasteiger partial charge in [0.2, 0.25) is 0 Å². The van der Waals surface area contributed by atoms with Gasteiger partial charge in [-0.15, -0.1) is 0 Å². The standard InChI is InChI=1S/C16H19NO2/c1-10(15(18)19)9-12-11-7-5-6-8-13(11)17-14(12)16(2,3)4/h5-9,17H,1-4H3,(H,18,19)/b10-9+. The normalized spacial score (nSPS) is 12.9. The number of rotatable bonds is 2. The molecule has 0 amide bonds. The lowest BCUT2D eigenvalue weighted by Crippen LogP contribution is -2.13. The molecule has 19 heavy (non-hydrogen) atoms. The van der Waals surface area contributed by atoms with Crippen molar-refractivity contribution in [3.05, 3.63) is 41.1 Å². The van der Waals surface area contributed by atoms with Crippen LogP contribution in [0, 0.1) is 0 Å². The molecular formula is C16H19NO2. The number of hydrogen-bond donors (Lipinski definition) is 2. The third kappa shape index (κ3) is 2.55. The summed E-state index contributed by atoms with van der Waals surface area (Å²) in [6, 6.07) is 7.97. The highest BCUT2D eigenvalue weighted by atomic mass is 16.4. The molecule has 0 bridgehead atoms. The fourth-order valence-electron chi connectivity index (χ4n) is 2.18. The van der Waals surface area contributed by atoms with E-state index in [9.17, 15) is 4.79 Å². The van der Waals surface area contributed by atoms with Gasteiger partial charge in [0, 0.05) is 33.1 Å². The number of aliphatic carboxylic acids is 1. The number of hydrogen-bond acceptors (Lipinski definition) is 1. The number of benzene rings is 1. The Morgan fingerprint density at radius 3 is 2.47 bits per heavy atom. The minimum atomic E-state index is -0.884. The Kier molecular flexibility index (Phi) is 3.23. The van der Waals surface area contributed by atoms with E-state index in [1.807, 2.05) is 24.3 Å². The Morgan fingerprint density at radius 2 is 1.89 bits per heavy atom. The van der Waals surface area contributed by atoms with E-state index >= 15 is 0 Å². The predicted molar refractivity (Wildman–Crippen MR) is 78.3 cm³/mol. The van der Waals surface area contributed by atoms with E-state index in [-0.39, 0.29) is 5.41 Å². The summed E-state index contributed by atoms with van der Waals surface area (Å²) in [6.07, 6.45) is 1.75. The SMILES string of the molecule is C/C(=C\c1c(C(C)(C)C)[nH]c2ccccc12)C(=O)O. The van der Waals surface area contributed by atoms with E-state index in [0.29, 0.717) is 5.57 Å². The zero-order valence-corrected chi connectivity index (χ0v) is 11.7. The summed E-state index contributed by atoms with van der Waals surface area (Å²) in [5, 5.41) is 10.1. The lowest BCUT2D eigenvalue weighted by atomic mass is 9.88. The number of fused-ring (bicyclic) bond motifs is 1. The highest BCUT2D eigenvalue weighted by Crippen LogP contribution is 2.32. The van der Waals surface area contributed by atoms with Crippen LogP contribution in [0.15, 0.2) is 29.8 Å². The van der Waals surface area contributed by atoms with E-state index < -0.39 is 5.97 Å². The van der Waals surface area contributed by atoms with Crippen LogP contribution in [0.4, 0.5) is 0 Å². The average molecular weight is 257 g/mol. The molecule has 0 aliphatic rings. The van der Waals surface area contributed by atoms with Gasteiger partial charge in [-0.2, -0.15) is 0 Å². The monoisotopic (exact) mass is 257 g/mol. The Morgan fingerprint density at radius 1 is 1.26 bits per heavy atom. The second-order valence-corrected chi connectivity index (χ2v) is 5.84. The first-order valence-electron chi connectivity index (χ1n) is 6.33. The first-order chi connectivity index (χ1) is 8.80. The first kappa shape index (κ1) is 13.4. The molecule has 0 unspecified atom stereocenters. The second-order valence-electron chi connectivity index (χ2n) is 5.84. The fraction of sp³-hybridized carbons (Fsp3) is 0.312. The van der Waals surface area contributed by atoms with Crippen LogP contribution in [0.3, 0.4) is 0 Å². The summed E-state index contributed by atoms with van der Waals surface area (Å²) in [7, 11) is 0. The molecule has 1 heterocycles. The Bertz CT molecular complexity index is 657. The summed E-state index contributed by atoms with van der Waals surface area (Å²) < 4.78 is 0. The van der Waals surface area contributed by atoms with Gasteiger partial charge in [-0.1, -0.05) is 39.0 Å². The van der Waals surface area contributed by atoms with Crippen LogP contribution in [-0.2, 0) is 10.2 Å². The highest BCUT2D eigenvalue weighted by molar-refractivity contribution is 5.97. The van der Waals surface area contributed by atoms with Gasteiger partial charge in [-0.05, 0) is 19.1 Å². The molecule has 1 aromatic heterocycles. The smallest absolute Gasteiger partial charge is 0.331 e. The van der Waals surface area contributed by atoms with Gasteiger partial charge in [-0.25, -0.2) is 4.79 Å². The van der Waals surface area contributed by atoms with E-state index in [1.165, 1.54) is 0 Å². The molecule has 0 atom stereocenters. The van der Waals surface area contributed by atoms with Crippen LogP contribution >= 0.6 is 0 Å². The van der Waals surface area contributed by atoms with Crippen LogP contribution in [-0.4, -0.2) is 16.1 Å². The molecule has 0 fully saturated rings. The number of aromatic amines is 1. The maximum absolute atomic E-state index is 11.0. The first-order valence-corrected chi connectivity index (χ1v) is 6.33. The van der Waals surface area contributed by atoms with E-state index in [1.54, 1.807) is 13.0 Å². The van der Waals surface area contributed by atoms with Crippen molar-refractivity contribution >= 4 is 22.9 Å². The molecule has 0 radical (unpaired) electrons. The molecule has 2 aromatic rings. The van der Waals surface area contributed by atoms with Crippen LogP contribution in [0.5, 0.6) is 0 Å². The number of carboxylic acids is 1. The molecule has 100 valence electrons. The summed E-state index contributed by atoms with van der Waals surface area (Å²) >= 11 is 0. The van der Waals surface area contributed by atoms with Gasteiger partial charge >= 0.3 is 5.97 Å². The molecule has 1 aromatic carbocycles. The summed E-state index contributed by atoms with van der Waals surface area (Å²) in [5.41, 5.74) is 3.35. The minimum Gasteiger partial charge on any atom is -0.478 e. The lowest BCUT2D eigenvalue weighted by molar-refractivity contribution is -0.132. The number of para-hydroxylation sites is 1. The van der Waals surface area contributed by atoms with Gasteiger partial charge < -0.3 is 10.1 Å². The number of nitrogens with one attached hydrogen (secondary N) is 1. The quantitative estimate of drug-likeness (QED) is 0.800. The van der Waals surface area contributed by atoms with Gasteiger partial charge in [0.05, 0.1) is 0 Å². The van der Waals surface area contributed by atoms with Crippen molar-refractivity contribution in [1.82, 2.24) is 4.98 Å². The third-order valence-electron chi connectivity index (χ3n) is 3.19. The van der Waals surface area contributed by atoms with Crippen molar-refractivity contribution < 1.29 is 9.90 Å². The van der Waals surface area contributed by atoms with E-state index in [0.717, 1.165) is 22.2 Å². The van der Waals surface area contributed by atoms with Crippen molar-refractivity contribution in [2.75, 3.05) is 0 Å². The Balaban J connectivity index is 2.75. The molecule has 0 saturated carbocycles. The number of H-pyrrole nitrogens is 1. The Labute approximate surface area is 113 Å². The molecule has 0 spiro atoms. The molecule has 3 heteroatoms. The van der Waals surface area contributed by atoms with Gasteiger partial charge in [0.1, 0.15) is 0 Å². The molecule has 2 N–H and O–H groups in total. The molecule has 3 nitrogen and oxygen atoms in total. The topological polar surface area (TPSA) is 53.1 Å². The van der Waals surface area contributed by atoms with Crippen LogP contribution in [0.2, 0.25) is 0 Å². The zero-order valence-electron chi connectivity index (χ0n) is 11.7. The number of aromatic nitrogens is 1. The third-order valence-corrected chi connectivity index (χ3v) is 3.19. The maximum atomic E-state index is 11.0. The number of carbonyl (C=O) groups is 1. The fourth-order valence-corrected chi connectivity index (χ4v) is 2.18. The molecule has 0 aliphatic heterocycles. The van der Waals surface area contributed by atoms with Crippen molar-refractivity contribution in [3.8, 4) is 0 Å². The molecule has 0 aliphatic carbocycles. The Hall–Kier alpha value is -2.03. The average Bonchev–Trinajstić information content (AvgIpc) is 2.68.